The molecule has 1 aliphatic rings. The standard InChI is InChI=1S/C12H17NO/c1-9(8-14)6-10-7-13-12-5-3-2-4-11(10)12/h2-5,9-10,13-14H,6-8H2,1H3. The summed E-state index contributed by atoms with van der Waals surface area (Å²) in [5.41, 5.74) is 2.68. The van der Waals surface area contributed by atoms with Gasteiger partial charge in [-0.3, -0.25) is 0 Å². The van der Waals surface area contributed by atoms with Crippen molar-refractivity contribution in [1.82, 2.24) is 0 Å². The Labute approximate surface area is 85.0 Å². The number of hydrogen-bond donors (Lipinski definition) is 2. The van der Waals surface area contributed by atoms with Crippen LogP contribution in [0, 0.1) is 5.92 Å². The van der Waals surface area contributed by atoms with Crippen LogP contribution in [0.4, 0.5) is 5.69 Å². The highest BCUT2D eigenvalue weighted by Gasteiger charge is 2.22. The van der Waals surface area contributed by atoms with Crippen molar-refractivity contribution < 1.29 is 5.11 Å². The molecule has 0 spiro atoms. The lowest BCUT2D eigenvalue weighted by molar-refractivity contribution is 0.225. The Hall–Kier alpha value is -1.02. The summed E-state index contributed by atoms with van der Waals surface area (Å²) in [7, 11) is 0. The molecule has 1 aliphatic heterocycles. The fourth-order valence-electron chi connectivity index (χ4n) is 2.13. The zero-order chi connectivity index (χ0) is 9.97. The second kappa shape index (κ2) is 4.01. The van der Waals surface area contributed by atoms with Gasteiger partial charge in [0.1, 0.15) is 0 Å². The predicted octanol–water partition coefficient (Wildman–Crippen LogP) is 2.21. The van der Waals surface area contributed by atoms with Gasteiger partial charge in [0.25, 0.3) is 0 Å². The Morgan fingerprint density at radius 1 is 1.50 bits per heavy atom. The second-order valence-corrected chi connectivity index (χ2v) is 4.19. The monoisotopic (exact) mass is 191 g/mol. The van der Waals surface area contributed by atoms with Gasteiger partial charge in [-0.05, 0) is 24.0 Å². The average Bonchev–Trinajstić information content (AvgIpc) is 2.62. The van der Waals surface area contributed by atoms with Crippen LogP contribution in [0.15, 0.2) is 24.3 Å². The normalized spacial score (nSPS) is 21.4. The summed E-state index contributed by atoms with van der Waals surface area (Å²) in [4.78, 5) is 0. The summed E-state index contributed by atoms with van der Waals surface area (Å²) in [6.07, 6.45) is 1.07. The van der Waals surface area contributed by atoms with Gasteiger partial charge in [-0.1, -0.05) is 25.1 Å². The summed E-state index contributed by atoms with van der Waals surface area (Å²) in [6.45, 7) is 3.41. The molecular formula is C12H17NO. The topological polar surface area (TPSA) is 32.3 Å². The third-order valence-corrected chi connectivity index (χ3v) is 2.94. The summed E-state index contributed by atoms with van der Waals surface area (Å²) in [5, 5.41) is 12.4. The number of anilines is 1. The summed E-state index contributed by atoms with van der Waals surface area (Å²) < 4.78 is 0. The number of aliphatic hydroxyl groups excluding tert-OH is 1. The first-order chi connectivity index (χ1) is 6.81. The molecule has 0 aromatic heterocycles. The van der Waals surface area contributed by atoms with Crippen LogP contribution < -0.4 is 5.32 Å². The number of hydrogen-bond acceptors (Lipinski definition) is 2. The van der Waals surface area contributed by atoms with Crippen molar-refractivity contribution in [2.45, 2.75) is 19.3 Å². The minimum Gasteiger partial charge on any atom is -0.396 e. The molecule has 2 heteroatoms. The number of rotatable bonds is 3. The molecule has 2 unspecified atom stereocenters. The molecule has 1 aromatic rings. The molecule has 1 heterocycles. The van der Waals surface area contributed by atoms with Gasteiger partial charge in [0, 0.05) is 24.8 Å². The van der Waals surface area contributed by atoms with E-state index in [0.717, 1.165) is 13.0 Å². The van der Waals surface area contributed by atoms with Crippen molar-refractivity contribution in [3.05, 3.63) is 29.8 Å². The number of para-hydroxylation sites is 1. The lowest BCUT2D eigenvalue weighted by Gasteiger charge is -2.14. The molecule has 2 N–H and O–H groups in total. The molecule has 0 fully saturated rings. The zero-order valence-electron chi connectivity index (χ0n) is 8.53. The van der Waals surface area contributed by atoms with Gasteiger partial charge >= 0.3 is 0 Å². The molecule has 0 bridgehead atoms. The molecule has 0 radical (unpaired) electrons. The molecule has 0 saturated carbocycles. The van der Waals surface area contributed by atoms with E-state index in [9.17, 15) is 0 Å². The number of nitrogens with one attached hydrogen (secondary N) is 1. The van der Waals surface area contributed by atoms with Gasteiger partial charge in [0.05, 0.1) is 0 Å². The Balaban J connectivity index is 2.10. The highest BCUT2D eigenvalue weighted by Crippen LogP contribution is 2.34. The summed E-state index contributed by atoms with van der Waals surface area (Å²) in [6, 6.07) is 8.45. The highest BCUT2D eigenvalue weighted by molar-refractivity contribution is 5.57. The van der Waals surface area contributed by atoms with Crippen LogP contribution in [0.5, 0.6) is 0 Å². The van der Waals surface area contributed by atoms with Gasteiger partial charge in [-0.2, -0.15) is 0 Å². The van der Waals surface area contributed by atoms with Crippen LogP contribution in [-0.4, -0.2) is 18.3 Å². The average molecular weight is 191 g/mol. The van der Waals surface area contributed by atoms with Crippen LogP contribution in [0.25, 0.3) is 0 Å². The Kier molecular flexibility index (Phi) is 2.73. The second-order valence-electron chi connectivity index (χ2n) is 4.19. The van der Waals surface area contributed by atoms with Crippen LogP contribution in [0.1, 0.15) is 24.8 Å². The van der Waals surface area contributed by atoms with E-state index < -0.39 is 0 Å². The van der Waals surface area contributed by atoms with Crippen molar-refractivity contribution in [3.8, 4) is 0 Å². The van der Waals surface area contributed by atoms with Crippen LogP contribution in [0.3, 0.4) is 0 Å². The highest BCUT2D eigenvalue weighted by atomic mass is 16.3. The van der Waals surface area contributed by atoms with Crippen LogP contribution in [-0.2, 0) is 0 Å². The van der Waals surface area contributed by atoms with E-state index in [1.54, 1.807) is 0 Å². The molecule has 2 rings (SSSR count). The summed E-state index contributed by atoms with van der Waals surface area (Å²) in [5.74, 6) is 0.973. The smallest absolute Gasteiger partial charge is 0.0456 e. The first-order valence-corrected chi connectivity index (χ1v) is 5.25. The van der Waals surface area contributed by atoms with Gasteiger partial charge in [0.2, 0.25) is 0 Å². The van der Waals surface area contributed by atoms with Crippen molar-refractivity contribution in [1.29, 1.82) is 0 Å². The van der Waals surface area contributed by atoms with Crippen LogP contribution in [0.2, 0.25) is 0 Å². The number of fused-ring (bicyclic) bond motifs is 1. The van der Waals surface area contributed by atoms with Gasteiger partial charge in [0.15, 0.2) is 0 Å². The van der Waals surface area contributed by atoms with Gasteiger partial charge in [-0.25, -0.2) is 0 Å². The molecule has 14 heavy (non-hydrogen) atoms. The fraction of sp³-hybridized carbons (Fsp3) is 0.500. The van der Waals surface area contributed by atoms with E-state index in [2.05, 4.69) is 36.5 Å². The molecular weight excluding hydrogens is 174 g/mol. The lowest BCUT2D eigenvalue weighted by atomic mass is 9.91. The number of aliphatic hydroxyl groups is 1. The molecule has 0 saturated heterocycles. The molecule has 0 amide bonds. The molecule has 1 aromatic carbocycles. The Bertz CT molecular complexity index is 311. The van der Waals surface area contributed by atoms with Crippen molar-refractivity contribution in [2.24, 2.45) is 5.92 Å². The SMILES string of the molecule is CC(CO)CC1CNc2ccccc21. The number of benzene rings is 1. The lowest BCUT2D eigenvalue weighted by Crippen LogP contribution is -2.09. The van der Waals surface area contributed by atoms with E-state index in [4.69, 9.17) is 5.11 Å². The molecule has 2 atom stereocenters. The third-order valence-electron chi connectivity index (χ3n) is 2.94. The van der Waals surface area contributed by atoms with Crippen LogP contribution >= 0.6 is 0 Å². The minimum absolute atomic E-state index is 0.290. The molecule has 2 nitrogen and oxygen atoms in total. The third kappa shape index (κ3) is 1.75. The largest absolute Gasteiger partial charge is 0.396 e. The maximum atomic E-state index is 9.02. The van der Waals surface area contributed by atoms with Crippen molar-refractivity contribution in [3.63, 3.8) is 0 Å². The van der Waals surface area contributed by atoms with Crippen molar-refractivity contribution >= 4 is 5.69 Å². The van der Waals surface area contributed by atoms with Gasteiger partial charge in [-0.15, -0.1) is 0 Å². The van der Waals surface area contributed by atoms with E-state index in [1.807, 2.05) is 0 Å². The summed E-state index contributed by atoms with van der Waals surface area (Å²) >= 11 is 0. The van der Waals surface area contributed by atoms with Crippen molar-refractivity contribution in [2.75, 3.05) is 18.5 Å². The van der Waals surface area contributed by atoms with E-state index in [1.165, 1.54) is 11.3 Å². The first kappa shape index (κ1) is 9.53. The zero-order valence-corrected chi connectivity index (χ0v) is 8.53. The van der Waals surface area contributed by atoms with Gasteiger partial charge < -0.3 is 10.4 Å². The van der Waals surface area contributed by atoms with E-state index >= 15 is 0 Å². The Morgan fingerprint density at radius 3 is 3.07 bits per heavy atom. The fourth-order valence-corrected chi connectivity index (χ4v) is 2.13. The predicted molar refractivity (Wildman–Crippen MR) is 58.5 cm³/mol. The Morgan fingerprint density at radius 2 is 2.29 bits per heavy atom. The maximum Gasteiger partial charge on any atom is 0.0456 e. The van der Waals surface area contributed by atoms with E-state index in [0.29, 0.717) is 18.4 Å². The minimum atomic E-state index is 0.290. The quantitative estimate of drug-likeness (QED) is 0.767. The molecule has 0 aliphatic carbocycles. The maximum absolute atomic E-state index is 9.02. The first-order valence-electron chi connectivity index (χ1n) is 5.25. The molecule has 76 valence electrons. The van der Waals surface area contributed by atoms with E-state index in [-0.39, 0.29) is 0 Å².